The normalized spacial score (nSPS) is 11.8. The highest BCUT2D eigenvalue weighted by molar-refractivity contribution is 6.07. The van der Waals surface area contributed by atoms with Crippen molar-refractivity contribution in [2.45, 2.75) is 0 Å². The number of fused-ring (bicyclic) bond motifs is 7. The lowest BCUT2D eigenvalue weighted by Gasteiger charge is -2.11. The van der Waals surface area contributed by atoms with Gasteiger partial charge in [0.05, 0.1) is 0 Å². The maximum atomic E-state index is 6.22. The number of para-hydroxylation sites is 2. The predicted molar refractivity (Wildman–Crippen MR) is 194 cm³/mol. The first-order valence-corrected chi connectivity index (χ1v) is 15.9. The van der Waals surface area contributed by atoms with Crippen LogP contribution < -0.4 is 0 Å². The van der Waals surface area contributed by atoms with Gasteiger partial charge in [0.25, 0.3) is 0 Å². The second-order valence-corrected chi connectivity index (χ2v) is 12.0. The molecule has 0 amide bonds. The van der Waals surface area contributed by atoms with E-state index in [1.54, 1.807) is 0 Å². The van der Waals surface area contributed by atoms with Crippen LogP contribution in [-0.2, 0) is 0 Å². The van der Waals surface area contributed by atoms with Crippen LogP contribution in [0.3, 0.4) is 0 Å². The van der Waals surface area contributed by atoms with E-state index < -0.39 is 0 Å². The van der Waals surface area contributed by atoms with Crippen molar-refractivity contribution in [3.05, 3.63) is 152 Å². The molecule has 0 N–H and O–H groups in total. The van der Waals surface area contributed by atoms with Gasteiger partial charge in [0, 0.05) is 38.2 Å². The molecule has 10 rings (SSSR count). The summed E-state index contributed by atoms with van der Waals surface area (Å²) in [5, 5.41) is 6.62. The quantitative estimate of drug-likeness (QED) is 0.197. The van der Waals surface area contributed by atoms with E-state index in [1.807, 2.05) is 54.6 Å². The second kappa shape index (κ2) is 10.5. The summed E-state index contributed by atoms with van der Waals surface area (Å²) in [5.74, 6) is 1.81. The SMILES string of the molecule is c1ccc2c(-c3nc(-c4ccc(-c5ccc6c(c5)oc5ccccc56)cc4)nc(-c4ccc5c(c4)oc4ccccc45)n3)cccc2c1. The minimum atomic E-state index is 0.588. The van der Waals surface area contributed by atoms with Crippen LogP contribution in [0, 0.1) is 0 Å². The van der Waals surface area contributed by atoms with E-state index in [0.29, 0.717) is 17.5 Å². The second-order valence-electron chi connectivity index (χ2n) is 12.0. The zero-order valence-electron chi connectivity index (χ0n) is 25.6. The fraction of sp³-hybridized carbons (Fsp3) is 0. The molecule has 10 aromatic rings. The third-order valence-electron chi connectivity index (χ3n) is 9.16. The largest absolute Gasteiger partial charge is 0.456 e. The van der Waals surface area contributed by atoms with Crippen LogP contribution in [-0.4, -0.2) is 15.0 Å². The molecule has 224 valence electrons. The number of benzene rings is 7. The first-order valence-electron chi connectivity index (χ1n) is 15.9. The Bertz CT molecular complexity index is 2840. The molecule has 3 heterocycles. The predicted octanol–water partition coefficient (Wildman–Crippen LogP) is 11.5. The highest BCUT2D eigenvalue weighted by Crippen LogP contribution is 2.35. The zero-order chi connectivity index (χ0) is 31.6. The van der Waals surface area contributed by atoms with E-state index in [0.717, 1.165) is 82.5 Å². The van der Waals surface area contributed by atoms with Crippen LogP contribution >= 0.6 is 0 Å². The average Bonchev–Trinajstić information content (AvgIpc) is 3.72. The number of aromatic nitrogens is 3. The van der Waals surface area contributed by atoms with Gasteiger partial charge in [0.1, 0.15) is 22.3 Å². The number of hydrogen-bond acceptors (Lipinski definition) is 5. The first kappa shape index (κ1) is 26.6. The van der Waals surface area contributed by atoms with E-state index in [9.17, 15) is 0 Å². The van der Waals surface area contributed by atoms with Crippen LogP contribution in [0.1, 0.15) is 0 Å². The van der Waals surface area contributed by atoms with Crippen LogP contribution in [0.4, 0.5) is 0 Å². The highest BCUT2D eigenvalue weighted by atomic mass is 16.3. The Kier molecular flexibility index (Phi) is 5.81. The lowest BCUT2D eigenvalue weighted by Crippen LogP contribution is -2.00. The molecule has 0 atom stereocenters. The molecule has 0 aliphatic heterocycles. The molecule has 5 nitrogen and oxygen atoms in total. The summed E-state index contributed by atoms with van der Waals surface area (Å²) in [5.41, 5.74) is 8.32. The Labute approximate surface area is 274 Å². The van der Waals surface area contributed by atoms with Gasteiger partial charge in [0.2, 0.25) is 0 Å². The fourth-order valence-electron chi connectivity index (χ4n) is 6.76. The monoisotopic (exact) mass is 615 g/mol. The van der Waals surface area contributed by atoms with E-state index in [-0.39, 0.29) is 0 Å². The number of nitrogens with zero attached hydrogens (tertiary/aromatic N) is 3. The van der Waals surface area contributed by atoms with Crippen LogP contribution in [0.5, 0.6) is 0 Å². The molecule has 0 saturated carbocycles. The van der Waals surface area contributed by atoms with Gasteiger partial charge in [-0.15, -0.1) is 0 Å². The van der Waals surface area contributed by atoms with Crippen LogP contribution in [0.25, 0.3) is 99.9 Å². The standard InChI is InChI=1S/C43H25N3O2/c1-2-10-31-27(8-1)9-7-13-36(31)43-45-41(44-42(46-43)30-21-23-35-33-12-4-6-15-38(33)48-40(35)25-30)28-18-16-26(17-19-28)29-20-22-34-32-11-3-5-14-37(32)47-39(34)24-29/h1-25H. The van der Waals surface area contributed by atoms with Crippen molar-refractivity contribution in [1.29, 1.82) is 0 Å². The van der Waals surface area contributed by atoms with E-state index in [4.69, 9.17) is 23.8 Å². The molecule has 0 spiro atoms. The Hall–Kier alpha value is -6.59. The summed E-state index contributed by atoms with van der Waals surface area (Å²) < 4.78 is 12.4. The third kappa shape index (κ3) is 4.29. The third-order valence-corrected chi connectivity index (χ3v) is 9.16. The molecular formula is C43H25N3O2. The van der Waals surface area contributed by atoms with Gasteiger partial charge in [-0.3, -0.25) is 0 Å². The number of hydrogen-bond donors (Lipinski definition) is 0. The Morgan fingerprint density at radius 2 is 0.792 bits per heavy atom. The topological polar surface area (TPSA) is 65.0 Å². The number of furan rings is 2. The van der Waals surface area contributed by atoms with Crippen molar-refractivity contribution in [2.24, 2.45) is 0 Å². The highest BCUT2D eigenvalue weighted by Gasteiger charge is 2.16. The maximum absolute atomic E-state index is 6.22. The summed E-state index contributed by atoms with van der Waals surface area (Å²) in [6.45, 7) is 0. The van der Waals surface area contributed by atoms with Gasteiger partial charge in [-0.2, -0.15) is 0 Å². The Balaban J connectivity index is 1.10. The summed E-state index contributed by atoms with van der Waals surface area (Å²) in [6.07, 6.45) is 0. The first-order chi connectivity index (χ1) is 23.7. The molecule has 48 heavy (non-hydrogen) atoms. The summed E-state index contributed by atoms with van der Waals surface area (Å²) >= 11 is 0. The molecule has 5 heteroatoms. The summed E-state index contributed by atoms with van der Waals surface area (Å²) in [7, 11) is 0. The van der Waals surface area contributed by atoms with Gasteiger partial charge in [0.15, 0.2) is 17.5 Å². The van der Waals surface area contributed by atoms with E-state index in [1.165, 1.54) is 0 Å². The number of rotatable bonds is 4. The van der Waals surface area contributed by atoms with Gasteiger partial charge >= 0.3 is 0 Å². The van der Waals surface area contributed by atoms with Crippen molar-refractivity contribution >= 4 is 54.6 Å². The fourth-order valence-corrected chi connectivity index (χ4v) is 6.76. The van der Waals surface area contributed by atoms with E-state index >= 15 is 0 Å². The maximum Gasteiger partial charge on any atom is 0.164 e. The molecule has 0 saturated heterocycles. The Morgan fingerprint density at radius 3 is 1.50 bits per heavy atom. The van der Waals surface area contributed by atoms with Crippen LogP contribution in [0.15, 0.2) is 160 Å². The molecule has 0 aliphatic rings. The minimum Gasteiger partial charge on any atom is -0.456 e. The van der Waals surface area contributed by atoms with Crippen molar-refractivity contribution in [3.8, 4) is 45.3 Å². The molecular weight excluding hydrogens is 590 g/mol. The Morgan fingerprint density at radius 1 is 0.312 bits per heavy atom. The van der Waals surface area contributed by atoms with Crippen LogP contribution in [0.2, 0.25) is 0 Å². The molecule has 7 aromatic carbocycles. The molecule has 0 radical (unpaired) electrons. The molecule has 0 aliphatic carbocycles. The van der Waals surface area contributed by atoms with Crippen molar-refractivity contribution < 1.29 is 8.83 Å². The smallest absolute Gasteiger partial charge is 0.164 e. The van der Waals surface area contributed by atoms with Gasteiger partial charge in [-0.1, -0.05) is 115 Å². The van der Waals surface area contributed by atoms with Crippen molar-refractivity contribution in [3.63, 3.8) is 0 Å². The van der Waals surface area contributed by atoms with Gasteiger partial charge in [-0.05, 0) is 58.3 Å². The summed E-state index contributed by atoms with van der Waals surface area (Å²) in [6, 6.07) is 51.7. The summed E-state index contributed by atoms with van der Waals surface area (Å²) in [4.78, 5) is 15.1. The molecule has 3 aromatic heterocycles. The van der Waals surface area contributed by atoms with Gasteiger partial charge < -0.3 is 8.83 Å². The molecule has 0 bridgehead atoms. The lowest BCUT2D eigenvalue weighted by molar-refractivity contribution is 0.668. The average molecular weight is 616 g/mol. The minimum absolute atomic E-state index is 0.588. The zero-order valence-corrected chi connectivity index (χ0v) is 25.6. The van der Waals surface area contributed by atoms with Gasteiger partial charge in [-0.25, -0.2) is 15.0 Å². The van der Waals surface area contributed by atoms with E-state index in [2.05, 4.69) is 97.1 Å². The lowest BCUT2D eigenvalue weighted by atomic mass is 10.0. The van der Waals surface area contributed by atoms with Crippen molar-refractivity contribution in [2.75, 3.05) is 0 Å². The van der Waals surface area contributed by atoms with Crippen molar-refractivity contribution in [1.82, 2.24) is 15.0 Å². The molecule has 0 unspecified atom stereocenters. The molecule has 0 fully saturated rings.